The fraction of sp³-hybridized carbons (Fsp3) is 0.533. The standard InChI is InChI=1S/C15H23N5O3/c21-11-4-1-6-13(22)20-12-14(23)16-7-2-3-8-17-15-18-9-5-10-19-15/h5,9-11H,1-4,6-8,12H2,(H,16,23)(H,20,22)(H,17,18,19). The number of carbonyl (C=O) groups excluding carboxylic acids is 3. The van der Waals surface area contributed by atoms with Crippen LogP contribution in [0.2, 0.25) is 0 Å². The summed E-state index contributed by atoms with van der Waals surface area (Å²) in [4.78, 5) is 41.1. The summed E-state index contributed by atoms with van der Waals surface area (Å²) >= 11 is 0. The molecule has 0 aromatic carbocycles. The fourth-order valence-electron chi connectivity index (χ4n) is 1.74. The number of nitrogens with zero attached hydrogens (tertiary/aromatic N) is 2. The first-order chi connectivity index (χ1) is 11.2. The molecule has 0 saturated heterocycles. The van der Waals surface area contributed by atoms with Crippen LogP contribution < -0.4 is 16.0 Å². The Morgan fingerprint density at radius 1 is 1.00 bits per heavy atom. The molecule has 8 nitrogen and oxygen atoms in total. The number of anilines is 1. The number of carbonyl (C=O) groups is 3. The van der Waals surface area contributed by atoms with Crippen LogP contribution in [0.3, 0.4) is 0 Å². The third kappa shape index (κ3) is 9.94. The lowest BCUT2D eigenvalue weighted by Crippen LogP contribution is -2.37. The maximum absolute atomic E-state index is 11.5. The third-order valence-electron chi connectivity index (χ3n) is 2.95. The van der Waals surface area contributed by atoms with Crippen molar-refractivity contribution < 1.29 is 14.4 Å². The first-order valence-electron chi connectivity index (χ1n) is 7.70. The van der Waals surface area contributed by atoms with Crippen molar-refractivity contribution in [2.24, 2.45) is 0 Å². The van der Waals surface area contributed by atoms with Crippen molar-refractivity contribution in [3.63, 3.8) is 0 Å². The van der Waals surface area contributed by atoms with Crippen LogP contribution in [0.4, 0.5) is 5.95 Å². The second kappa shape index (κ2) is 12.1. The van der Waals surface area contributed by atoms with E-state index in [9.17, 15) is 14.4 Å². The average Bonchev–Trinajstić information content (AvgIpc) is 2.57. The minimum Gasteiger partial charge on any atom is -0.355 e. The summed E-state index contributed by atoms with van der Waals surface area (Å²) in [6.45, 7) is 1.25. The monoisotopic (exact) mass is 321 g/mol. The number of amides is 2. The van der Waals surface area contributed by atoms with E-state index >= 15 is 0 Å². The van der Waals surface area contributed by atoms with Crippen LogP contribution in [-0.2, 0) is 14.4 Å². The summed E-state index contributed by atoms with van der Waals surface area (Å²) in [6, 6.07) is 1.75. The highest BCUT2D eigenvalue weighted by Crippen LogP contribution is 1.95. The zero-order chi connectivity index (χ0) is 16.8. The molecule has 0 spiro atoms. The molecule has 1 rings (SSSR count). The number of hydrogen-bond donors (Lipinski definition) is 3. The van der Waals surface area contributed by atoms with Crippen molar-refractivity contribution in [1.82, 2.24) is 20.6 Å². The second-order valence-corrected chi connectivity index (χ2v) is 4.89. The van der Waals surface area contributed by atoms with Crippen molar-refractivity contribution in [3.8, 4) is 0 Å². The van der Waals surface area contributed by atoms with E-state index in [1.807, 2.05) is 0 Å². The van der Waals surface area contributed by atoms with Crippen LogP contribution in [0.15, 0.2) is 18.5 Å². The van der Waals surface area contributed by atoms with Crippen molar-refractivity contribution >= 4 is 24.0 Å². The summed E-state index contributed by atoms with van der Waals surface area (Å²) in [5.74, 6) is 0.163. The molecular weight excluding hydrogens is 298 g/mol. The average molecular weight is 321 g/mol. The molecule has 1 aromatic heterocycles. The normalized spacial score (nSPS) is 9.91. The van der Waals surface area contributed by atoms with Crippen LogP contribution in [0.5, 0.6) is 0 Å². The Morgan fingerprint density at radius 2 is 1.74 bits per heavy atom. The Hall–Kier alpha value is -2.51. The van der Waals surface area contributed by atoms with Crippen LogP contribution in [0.25, 0.3) is 0 Å². The van der Waals surface area contributed by atoms with Gasteiger partial charge in [0.2, 0.25) is 17.8 Å². The highest BCUT2D eigenvalue weighted by atomic mass is 16.2. The number of aldehydes is 1. The van der Waals surface area contributed by atoms with Gasteiger partial charge in [-0.2, -0.15) is 0 Å². The van der Waals surface area contributed by atoms with Gasteiger partial charge in [0.25, 0.3) is 0 Å². The van der Waals surface area contributed by atoms with E-state index in [0.717, 1.165) is 25.7 Å². The molecular formula is C15H23N5O3. The Balaban J connectivity index is 1.95. The highest BCUT2D eigenvalue weighted by molar-refractivity contribution is 5.84. The molecule has 0 unspecified atom stereocenters. The highest BCUT2D eigenvalue weighted by Gasteiger charge is 2.04. The van der Waals surface area contributed by atoms with Crippen LogP contribution in [-0.4, -0.2) is 47.7 Å². The smallest absolute Gasteiger partial charge is 0.239 e. The van der Waals surface area contributed by atoms with Crippen LogP contribution >= 0.6 is 0 Å². The molecule has 0 aliphatic rings. The SMILES string of the molecule is O=CCCCC(=O)NCC(=O)NCCCCNc1ncccn1. The van der Waals surface area contributed by atoms with Crippen molar-refractivity contribution in [2.45, 2.75) is 32.1 Å². The van der Waals surface area contributed by atoms with E-state index in [4.69, 9.17) is 0 Å². The Bertz CT molecular complexity index is 481. The number of aromatic nitrogens is 2. The van der Waals surface area contributed by atoms with Gasteiger partial charge in [-0.3, -0.25) is 9.59 Å². The first kappa shape index (κ1) is 18.5. The topological polar surface area (TPSA) is 113 Å². The van der Waals surface area contributed by atoms with E-state index in [-0.39, 0.29) is 24.8 Å². The number of nitrogens with one attached hydrogen (secondary N) is 3. The van der Waals surface area contributed by atoms with Gasteiger partial charge in [0.15, 0.2) is 0 Å². The van der Waals surface area contributed by atoms with E-state index in [1.165, 1.54) is 0 Å². The Kier molecular flexibility index (Phi) is 9.73. The van der Waals surface area contributed by atoms with E-state index < -0.39 is 0 Å². The minimum absolute atomic E-state index is 0.0317. The van der Waals surface area contributed by atoms with Gasteiger partial charge in [-0.15, -0.1) is 0 Å². The molecule has 0 bridgehead atoms. The number of unbranched alkanes of at least 4 members (excludes halogenated alkanes) is 2. The van der Waals surface area contributed by atoms with E-state index in [0.29, 0.717) is 25.3 Å². The van der Waals surface area contributed by atoms with Crippen molar-refractivity contribution in [2.75, 3.05) is 25.0 Å². The Morgan fingerprint density at radius 3 is 2.48 bits per heavy atom. The molecule has 0 fully saturated rings. The van der Waals surface area contributed by atoms with Gasteiger partial charge in [-0.05, 0) is 25.3 Å². The summed E-state index contributed by atoms with van der Waals surface area (Å²) in [7, 11) is 0. The van der Waals surface area contributed by atoms with Gasteiger partial charge in [0.1, 0.15) is 6.29 Å². The minimum atomic E-state index is -0.215. The fourth-order valence-corrected chi connectivity index (χ4v) is 1.74. The molecule has 0 saturated carbocycles. The predicted molar refractivity (Wildman–Crippen MR) is 85.7 cm³/mol. The van der Waals surface area contributed by atoms with Crippen molar-refractivity contribution in [3.05, 3.63) is 18.5 Å². The Labute approximate surface area is 135 Å². The lowest BCUT2D eigenvalue weighted by atomic mass is 10.2. The lowest BCUT2D eigenvalue weighted by Gasteiger charge is -2.07. The van der Waals surface area contributed by atoms with E-state index in [2.05, 4.69) is 25.9 Å². The van der Waals surface area contributed by atoms with Crippen LogP contribution in [0, 0.1) is 0 Å². The van der Waals surface area contributed by atoms with Gasteiger partial charge < -0.3 is 20.7 Å². The molecule has 0 aliphatic carbocycles. The quantitative estimate of drug-likeness (QED) is 0.376. The summed E-state index contributed by atoms with van der Waals surface area (Å²) < 4.78 is 0. The molecule has 0 radical (unpaired) electrons. The first-order valence-corrected chi connectivity index (χ1v) is 7.70. The molecule has 8 heteroatoms. The zero-order valence-corrected chi connectivity index (χ0v) is 13.1. The molecule has 0 aliphatic heterocycles. The molecule has 2 amide bonds. The molecule has 126 valence electrons. The lowest BCUT2D eigenvalue weighted by molar-refractivity contribution is -0.126. The molecule has 0 atom stereocenters. The maximum Gasteiger partial charge on any atom is 0.239 e. The number of hydrogen-bond acceptors (Lipinski definition) is 6. The molecule has 3 N–H and O–H groups in total. The molecule has 1 heterocycles. The van der Waals surface area contributed by atoms with Gasteiger partial charge >= 0.3 is 0 Å². The van der Waals surface area contributed by atoms with E-state index in [1.54, 1.807) is 18.5 Å². The van der Waals surface area contributed by atoms with Gasteiger partial charge in [-0.25, -0.2) is 9.97 Å². The van der Waals surface area contributed by atoms with Crippen molar-refractivity contribution in [1.29, 1.82) is 0 Å². The largest absolute Gasteiger partial charge is 0.355 e. The second-order valence-electron chi connectivity index (χ2n) is 4.89. The summed E-state index contributed by atoms with van der Waals surface area (Å²) in [5.41, 5.74) is 0. The summed E-state index contributed by atoms with van der Waals surface area (Å²) in [5, 5.41) is 8.33. The molecule has 23 heavy (non-hydrogen) atoms. The maximum atomic E-state index is 11.5. The van der Waals surface area contributed by atoms with Gasteiger partial charge in [-0.1, -0.05) is 0 Å². The van der Waals surface area contributed by atoms with Crippen LogP contribution in [0.1, 0.15) is 32.1 Å². The van der Waals surface area contributed by atoms with Gasteiger partial charge in [0.05, 0.1) is 6.54 Å². The summed E-state index contributed by atoms with van der Waals surface area (Å²) in [6.07, 6.45) is 6.94. The predicted octanol–water partition coefficient (Wildman–Crippen LogP) is 0.270. The number of rotatable bonds is 12. The zero-order valence-electron chi connectivity index (χ0n) is 13.1. The molecule has 1 aromatic rings. The van der Waals surface area contributed by atoms with Gasteiger partial charge in [0, 0.05) is 38.3 Å². The third-order valence-corrected chi connectivity index (χ3v) is 2.95.